The van der Waals surface area contributed by atoms with Crippen LogP contribution in [-0.2, 0) is 4.79 Å². The predicted molar refractivity (Wildman–Crippen MR) is 128 cm³/mol. The summed E-state index contributed by atoms with van der Waals surface area (Å²) >= 11 is 0. The molecule has 33 heavy (non-hydrogen) atoms. The summed E-state index contributed by atoms with van der Waals surface area (Å²) in [6, 6.07) is 3.80. The van der Waals surface area contributed by atoms with Gasteiger partial charge < -0.3 is 20.7 Å². The molecule has 4 rings (SSSR count). The molecule has 1 aliphatic rings. The molecular formula is C25H27N5O3. The highest BCUT2D eigenvalue weighted by Crippen LogP contribution is 2.36. The van der Waals surface area contributed by atoms with Gasteiger partial charge in [-0.2, -0.15) is 0 Å². The summed E-state index contributed by atoms with van der Waals surface area (Å²) in [6.07, 6.45) is 6.90. The Hall–Kier alpha value is -3.78. The van der Waals surface area contributed by atoms with Crippen LogP contribution in [0.5, 0.6) is 0 Å². The van der Waals surface area contributed by atoms with Gasteiger partial charge in [0.25, 0.3) is 11.8 Å². The Morgan fingerprint density at radius 2 is 1.97 bits per heavy atom. The number of pyridine rings is 2. The number of aryl methyl sites for hydroxylation is 2. The predicted octanol–water partition coefficient (Wildman–Crippen LogP) is 3.39. The molecule has 0 saturated carbocycles. The topological polar surface area (TPSA) is 120 Å². The minimum atomic E-state index is -0.746. The average molecular weight is 446 g/mol. The number of H-pyrrole nitrogens is 1. The Morgan fingerprint density at radius 3 is 2.67 bits per heavy atom. The number of fused-ring (bicyclic) bond motifs is 1. The number of nitrogens with one attached hydrogen (secondary N) is 3. The third-order valence-electron chi connectivity index (χ3n) is 5.84. The van der Waals surface area contributed by atoms with E-state index in [1.54, 1.807) is 38.5 Å². The van der Waals surface area contributed by atoms with E-state index < -0.39 is 5.54 Å². The molecule has 4 heterocycles. The van der Waals surface area contributed by atoms with Crippen molar-refractivity contribution in [1.29, 1.82) is 0 Å². The molecule has 0 aliphatic carbocycles. The molecule has 170 valence electrons. The number of rotatable bonds is 5. The van der Waals surface area contributed by atoms with E-state index >= 15 is 0 Å². The van der Waals surface area contributed by atoms with Crippen LogP contribution in [0, 0.1) is 20.8 Å². The van der Waals surface area contributed by atoms with Crippen molar-refractivity contribution in [2.75, 3.05) is 11.9 Å². The number of aliphatic hydroxyl groups is 1. The molecule has 0 fully saturated rings. The van der Waals surface area contributed by atoms with Crippen molar-refractivity contribution in [3.8, 4) is 11.3 Å². The molecule has 1 aliphatic heterocycles. The molecule has 3 aromatic rings. The standard InChI is InChI=1S/C25H27N5O3/c1-13-6-7-26-10-18(13)20-8-16-17(23(32)29-21(16)11-27-20)9-19-14(2)22(15(3)28-19)24(33)30-25(4,5)12-31/h6-11,28,31H,12H2,1-5H3,(H,29,32)(H,30,33)/b17-9-. The van der Waals surface area contributed by atoms with Crippen molar-refractivity contribution in [3.05, 3.63) is 64.4 Å². The number of aliphatic hydroxyl groups excluding tert-OH is 1. The zero-order chi connectivity index (χ0) is 23.9. The molecule has 0 bridgehead atoms. The normalized spacial score (nSPS) is 14.4. The monoisotopic (exact) mass is 445 g/mol. The molecule has 8 nitrogen and oxygen atoms in total. The fourth-order valence-electron chi connectivity index (χ4n) is 3.93. The van der Waals surface area contributed by atoms with Crippen LogP contribution in [0.4, 0.5) is 5.69 Å². The summed E-state index contributed by atoms with van der Waals surface area (Å²) in [5.41, 5.74) is 6.38. The van der Waals surface area contributed by atoms with E-state index in [9.17, 15) is 14.7 Å². The second-order valence-corrected chi connectivity index (χ2v) is 8.98. The first-order valence-electron chi connectivity index (χ1n) is 10.7. The van der Waals surface area contributed by atoms with E-state index in [0.29, 0.717) is 28.2 Å². The van der Waals surface area contributed by atoms with Gasteiger partial charge in [0.2, 0.25) is 0 Å². The fourth-order valence-corrected chi connectivity index (χ4v) is 3.93. The molecular weight excluding hydrogens is 418 g/mol. The average Bonchev–Trinajstić information content (AvgIpc) is 3.23. The van der Waals surface area contributed by atoms with Gasteiger partial charge in [0.1, 0.15) is 0 Å². The Balaban J connectivity index is 1.75. The van der Waals surface area contributed by atoms with Crippen molar-refractivity contribution < 1.29 is 14.7 Å². The SMILES string of the molecule is Cc1ccncc1-c1cc2c(cn1)NC(=O)/C2=C\c1[nH]c(C)c(C(=O)NC(C)(C)CO)c1C. The summed E-state index contributed by atoms with van der Waals surface area (Å²) in [5, 5.41) is 15.2. The number of hydrogen-bond donors (Lipinski definition) is 4. The number of hydrogen-bond acceptors (Lipinski definition) is 5. The highest BCUT2D eigenvalue weighted by atomic mass is 16.3. The van der Waals surface area contributed by atoms with E-state index in [-0.39, 0.29) is 18.4 Å². The number of carbonyl (C=O) groups is 2. The number of carbonyl (C=O) groups excluding carboxylic acids is 2. The Labute approximate surface area is 192 Å². The fraction of sp³-hybridized carbons (Fsp3) is 0.280. The zero-order valence-corrected chi connectivity index (χ0v) is 19.3. The van der Waals surface area contributed by atoms with E-state index in [1.165, 1.54) is 0 Å². The molecule has 8 heteroatoms. The first kappa shape index (κ1) is 22.4. The third-order valence-corrected chi connectivity index (χ3v) is 5.84. The van der Waals surface area contributed by atoms with Gasteiger partial charge in [-0.3, -0.25) is 19.6 Å². The first-order chi connectivity index (χ1) is 15.6. The number of amides is 2. The van der Waals surface area contributed by atoms with Crippen molar-refractivity contribution in [1.82, 2.24) is 20.3 Å². The second-order valence-electron chi connectivity index (χ2n) is 8.98. The Kier molecular flexibility index (Phi) is 5.63. The van der Waals surface area contributed by atoms with Crippen LogP contribution in [0.15, 0.2) is 30.7 Å². The summed E-state index contributed by atoms with van der Waals surface area (Å²) < 4.78 is 0. The first-order valence-corrected chi connectivity index (χ1v) is 10.7. The zero-order valence-electron chi connectivity index (χ0n) is 19.3. The summed E-state index contributed by atoms with van der Waals surface area (Å²) in [5.74, 6) is -0.509. The van der Waals surface area contributed by atoms with Gasteiger partial charge in [0.15, 0.2) is 0 Å². The number of aromatic amines is 1. The van der Waals surface area contributed by atoms with Crippen LogP contribution in [0.25, 0.3) is 22.9 Å². The third kappa shape index (κ3) is 4.17. The second kappa shape index (κ2) is 8.29. The molecule has 4 N–H and O–H groups in total. The number of aromatic nitrogens is 3. The number of nitrogens with zero attached hydrogens (tertiary/aromatic N) is 2. The highest BCUT2D eigenvalue weighted by Gasteiger charge is 2.28. The van der Waals surface area contributed by atoms with Gasteiger partial charge in [-0.15, -0.1) is 0 Å². The maximum absolute atomic E-state index is 12.9. The minimum Gasteiger partial charge on any atom is -0.394 e. The molecule has 0 unspecified atom stereocenters. The molecule has 0 atom stereocenters. The van der Waals surface area contributed by atoms with Crippen molar-refractivity contribution in [3.63, 3.8) is 0 Å². The van der Waals surface area contributed by atoms with Gasteiger partial charge in [-0.05, 0) is 64.0 Å². The van der Waals surface area contributed by atoms with Crippen molar-refractivity contribution in [2.45, 2.75) is 40.2 Å². The smallest absolute Gasteiger partial charge is 0.256 e. The van der Waals surface area contributed by atoms with Gasteiger partial charge in [-0.1, -0.05) is 0 Å². The Morgan fingerprint density at radius 1 is 1.21 bits per heavy atom. The number of anilines is 1. The van der Waals surface area contributed by atoms with Gasteiger partial charge >= 0.3 is 0 Å². The van der Waals surface area contributed by atoms with Crippen LogP contribution < -0.4 is 10.6 Å². The van der Waals surface area contributed by atoms with Gasteiger partial charge in [-0.25, -0.2) is 0 Å². The van der Waals surface area contributed by atoms with E-state index in [1.807, 2.05) is 32.9 Å². The lowest BCUT2D eigenvalue weighted by Crippen LogP contribution is -2.46. The van der Waals surface area contributed by atoms with Crippen molar-refractivity contribution >= 4 is 29.2 Å². The molecule has 0 saturated heterocycles. The molecule has 3 aromatic heterocycles. The summed E-state index contributed by atoms with van der Waals surface area (Å²) in [7, 11) is 0. The van der Waals surface area contributed by atoms with Gasteiger partial charge in [0, 0.05) is 34.9 Å². The summed E-state index contributed by atoms with van der Waals surface area (Å²) in [4.78, 5) is 37.5. The lowest BCUT2D eigenvalue weighted by molar-refractivity contribution is -0.110. The summed E-state index contributed by atoms with van der Waals surface area (Å²) in [6.45, 7) is 8.96. The van der Waals surface area contributed by atoms with E-state index in [4.69, 9.17) is 0 Å². The van der Waals surface area contributed by atoms with Gasteiger partial charge in [0.05, 0.1) is 40.9 Å². The van der Waals surface area contributed by atoms with Crippen LogP contribution in [0.3, 0.4) is 0 Å². The van der Waals surface area contributed by atoms with Crippen molar-refractivity contribution in [2.24, 2.45) is 0 Å². The molecule has 0 radical (unpaired) electrons. The highest BCUT2D eigenvalue weighted by molar-refractivity contribution is 6.35. The largest absolute Gasteiger partial charge is 0.394 e. The van der Waals surface area contributed by atoms with Crippen LogP contribution in [0.2, 0.25) is 0 Å². The van der Waals surface area contributed by atoms with Crippen LogP contribution in [0.1, 0.15) is 52.3 Å². The van der Waals surface area contributed by atoms with E-state index in [0.717, 1.165) is 27.9 Å². The maximum atomic E-state index is 12.9. The molecule has 0 aromatic carbocycles. The Bertz CT molecular complexity index is 1300. The molecule has 2 amide bonds. The quantitative estimate of drug-likeness (QED) is 0.449. The lowest BCUT2D eigenvalue weighted by atomic mass is 10.0. The van der Waals surface area contributed by atoms with Crippen LogP contribution in [-0.4, -0.2) is 44.0 Å². The lowest BCUT2D eigenvalue weighted by Gasteiger charge is -2.23. The molecule has 0 spiro atoms. The minimum absolute atomic E-state index is 0.179. The van der Waals surface area contributed by atoms with E-state index in [2.05, 4.69) is 25.6 Å². The maximum Gasteiger partial charge on any atom is 0.256 e. The van der Waals surface area contributed by atoms with Crippen LogP contribution >= 0.6 is 0 Å².